The lowest BCUT2D eigenvalue weighted by molar-refractivity contribution is 0.0944. The molecule has 0 unspecified atom stereocenters. The van der Waals surface area contributed by atoms with E-state index in [9.17, 15) is 19.2 Å². The molecule has 0 aliphatic heterocycles. The van der Waals surface area contributed by atoms with Crippen molar-refractivity contribution in [3.8, 4) is 0 Å². The highest BCUT2D eigenvalue weighted by atomic mass is 79.9. The summed E-state index contributed by atoms with van der Waals surface area (Å²) in [6, 6.07) is 18.1. The van der Waals surface area contributed by atoms with E-state index in [-0.39, 0.29) is 22.9 Å². The first-order valence-corrected chi connectivity index (χ1v) is 14.9. The third-order valence-electron chi connectivity index (χ3n) is 6.54. The molecule has 0 fully saturated rings. The van der Waals surface area contributed by atoms with E-state index in [4.69, 9.17) is 0 Å². The van der Waals surface area contributed by atoms with Crippen molar-refractivity contribution in [2.45, 2.75) is 26.9 Å². The number of benzene rings is 2. The summed E-state index contributed by atoms with van der Waals surface area (Å²) in [5, 5.41) is 11.1. The number of halogens is 2. The predicted molar refractivity (Wildman–Crippen MR) is 172 cm³/mol. The first-order chi connectivity index (χ1) is 21.1. The van der Waals surface area contributed by atoms with E-state index in [0.717, 1.165) is 20.1 Å². The number of carbonyl (C=O) groups excluding carboxylic acids is 2. The Kier molecular flexibility index (Phi) is 9.20. The quantitative estimate of drug-likeness (QED) is 0.203. The smallest absolute Gasteiger partial charge is 0.272 e. The van der Waals surface area contributed by atoms with Crippen LogP contribution in [-0.4, -0.2) is 41.0 Å². The van der Waals surface area contributed by atoms with Gasteiger partial charge in [0.2, 0.25) is 0 Å². The summed E-state index contributed by atoms with van der Waals surface area (Å²) in [5.41, 5.74) is 3.94. The summed E-state index contributed by atoms with van der Waals surface area (Å²) in [6.45, 7) is 4.20. The Labute approximate surface area is 266 Å². The highest BCUT2D eigenvalue weighted by molar-refractivity contribution is 9.10. The summed E-state index contributed by atoms with van der Waals surface area (Å²) in [7, 11) is 0. The molecule has 12 nitrogen and oxygen atoms in total. The summed E-state index contributed by atoms with van der Waals surface area (Å²) in [4.78, 5) is 56.8. The molecule has 0 saturated heterocycles. The Hall–Kier alpha value is -4.82. The Balaban J connectivity index is 0.000000175. The minimum atomic E-state index is -0.285. The van der Waals surface area contributed by atoms with Crippen LogP contribution < -0.4 is 21.8 Å². The standard InChI is InChI=1S/2C15H13BrN4O2/c2*1-9-6-13(21)20-14(19-9)11(8-18-20)15(22)17-7-10-4-2-3-5-12(10)16/h2*2-6,8,18H,7H2,1H3,(H,17,22). The van der Waals surface area contributed by atoms with Gasteiger partial charge in [-0.1, -0.05) is 68.3 Å². The lowest BCUT2D eigenvalue weighted by Crippen LogP contribution is -2.23. The molecule has 4 aromatic heterocycles. The molecule has 2 amide bonds. The molecule has 0 atom stereocenters. The molecule has 6 aromatic rings. The van der Waals surface area contributed by atoms with Crippen LogP contribution in [-0.2, 0) is 13.1 Å². The van der Waals surface area contributed by atoms with Gasteiger partial charge in [-0.3, -0.25) is 29.4 Å². The van der Waals surface area contributed by atoms with Crippen LogP contribution in [0.15, 0.2) is 91.6 Å². The SMILES string of the molecule is Cc1cc(=O)n2[nH]cc(C(=O)NCc3ccccc3Br)c2n1.Cc1cc(=O)n2[nH]cc(C(=O)NCc3ccccc3Br)c2n1. The first-order valence-electron chi connectivity index (χ1n) is 13.3. The van der Waals surface area contributed by atoms with E-state index in [1.165, 1.54) is 33.6 Å². The maximum absolute atomic E-state index is 12.3. The zero-order valence-corrected chi connectivity index (χ0v) is 26.7. The zero-order valence-electron chi connectivity index (χ0n) is 23.5. The number of aryl methyl sites for hydroxylation is 2. The van der Waals surface area contributed by atoms with Crippen molar-refractivity contribution in [3.05, 3.63) is 136 Å². The molecule has 6 rings (SSSR count). The summed E-state index contributed by atoms with van der Waals surface area (Å²) in [5.74, 6) is -0.570. The lowest BCUT2D eigenvalue weighted by Gasteiger charge is -2.06. The first kappa shape index (κ1) is 30.6. The van der Waals surface area contributed by atoms with Crippen LogP contribution in [0, 0.1) is 13.8 Å². The maximum atomic E-state index is 12.3. The van der Waals surface area contributed by atoms with Crippen molar-refractivity contribution in [3.63, 3.8) is 0 Å². The number of fused-ring (bicyclic) bond motifs is 2. The van der Waals surface area contributed by atoms with E-state index in [2.05, 4.69) is 62.7 Å². The summed E-state index contributed by atoms with van der Waals surface area (Å²) in [6.07, 6.45) is 2.97. The number of nitrogens with zero attached hydrogens (tertiary/aromatic N) is 4. The van der Waals surface area contributed by atoms with Crippen molar-refractivity contribution in [1.82, 2.24) is 39.8 Å². The highest BCUT2D eigenvalue weighted by Crippen LogP contribution is 2.17. The number of carbonyl (C=O) groups is 2. The molecule has 0 aliphatic rings. The topological polar surface area (TPSA) is 159 Å². The maximum Gasteiger partial charge on any atom is 0.272 e. The van der Waals surface area contributed by atoms with Gasteiger partial charge in [-0.15, -0.1) is 0 Å². The predicted octanol–water partition coefficient (Wildman–Crippen LogP) is 4.05. The molecule has 0 saturated carbocycles. The van der Waals surface area contributed by atoms with Crippen molar-refractivity contribution in [1.29, 1.82) is 0 Å². The molecule has 0 spiro atoms. The average Bonchev–Trinajstić information content (AvgIpc) is 3.61. The van der Waals surface area contributed by atoms with Crippen LogP contribution in [0.4, 0.5) is 0 Å². The van der Waals surface area contributed by atoms with Gasteiger partial charge in [0.25, 0.3) is 22.9 Å². The van der Waals surface area contributed by atoms with E-state index in [0.29, 0.717) is 46.9 Å². The molecule has 14 heteroatoms. The fourth-order valence-corrected chi connectivity index (χ4v) is 5.20. The Bertz CT molecular complexity index is 1980. The van der Waals surface area contributed by atoms with Crippen LogP contribution in [0.2, 0.25) is 0 Å². The minimum absolute atomic E-state index is 0.243. The molecule has 0 bridgehead atoms. The van der Waals surface area contributed by atoms with Crippen molar-refractivity contribution < 1.29 is 9.59 Å². The number of amides is 2. The molecule has 2 aromatic carbocycles. The average molecular weight is 722 g/mol. The second-order valence-corrected chi connectivity index (χ2v) is 11.4. The monoisotopic (exact) mass is 720 g/mol. The molecule has 4 N–H and O–H groups in total. The van der Waals surface area contributed by atoms with Crippen molar-refractivity contribution in [2.75, 3.05) is 0 Å². The van der Waals surface area contributed by atoms with Gasteiger partial charge in [-0.2, -0.15) is 0 Å². The number of aromatic amines is 2. The summed E-state index contributed by atoms with van der Waals surface area (Å²) < 4.78 is 4.36. The van der Waals surface area contributed by atoms with Gasteiger partial charge in [-0.05, 0) is 37.1 Å². The number of rotatable bonds is 6. The molecule has 4 heterocycles. The molecule has 0 aliphatic carbocycles. The lowest BCUT2D eigenvalue weighted by atomic mass is 10.2. The highest BCUT2D eigenvalue weighted by Gasteiger charge is 2.16. The molecular formula is C30H26Br2N8O4. The Morgan fingerprint density at radius 3 is 1.48 bits per heavy atom. The second-order valence-electron chi connectivity index (χ2n) is 9.71. The number of H-pyrrole nitrogens is 2. The third kappa shape index (κ3) is 6.71. The number of nitrogens with one attached hydrogen (secondary N) is 4. The van der Waals surface area contributed by atoms with Crippen LogP contribution in [0.25, 0.3) is 11.3 Å². The van der Waals surface area contributed by atoms with E-state index in [1.807, 2.05) is 48.5 Å². The fraction of sp³-hybridized carbons (Fsp3) is 0.133. The minimum Gasteiger partial charge on any atom is -0.348 e. The van der Waals surface area contributed by atoms with Crippen LogP contribution in [0.5, 0.6) is 0 Å². The van der Waals surface area contributed by atoms with Crippen LogP contribution >= 0.6 is 31.9 Å². The van der Waals surface area contributed by atoms with Crippen molar-refractivity contribution >= 4 is 55.0 Å². The number of hydrogen-bond donors (Lipinski definition) is 4. The van der Waals surface area contributed by atoms with Gasteiger partial charge in [0.1, 0.15) is 11.1 Å². The zero-order chi connectivity index (χ0) is 31.4. The van der Waals surface area contributed by atoms with Crippen LogP contribution in [0.1, 0.15) is 43.2 Å². The van der Waals surface area contributed by atoms with E-state index < -0.39 is 0 Å². The number of hydrogen-bond acceptors (Lipinski definition) is 6. The van der Waals surface area contributed by atoms with Crippen LogP contribution in [0.3, 0.4) is 0 Å². The fourth-order valence-electron chi connectivity index (χ4n) is 4.35. The molecular weight excluding hydrogens is 696 g/mol. The Morgan fingerprint density at radius 2 is 1.09 bits per heavy atom. The third-order valence-corrected chi connectivity index (χ3v) is 8.08. The Morgan fingerprint density at radius 1 is 0.705 bits per heavy atom. The van der Waals surface area contributed by atoms with Gasteiger partial charge in [0.15, 0.2) is 11.3 Å². The molecule has 44 heavy (non-hydrogen) atoms. The largest absolute Gasteiger partial charge is 0.348 e. The van der Waals surface area contributed by atoms with Gasteiger partial charge in [0, 0.05) is 57.9 Å². The van der Waals surface area contributed by atoms with E-state index in [1.54, 1.807) is 13.8 Å². The van der Waals surface area contributed by atoms with Crippen molar-refractivity contribution in [2.24, 2.45) is 0 Å². The van der Waals surface area contributed by atoms with Gasteiger partial charge in [0.05, 0.1) is 0 Å². The van der Waals surface area contributed by atoms with Gasteiger partial charge >= 0.3 is 0 Å². The van der Waals surface area contributed by atoms with Gasteiger partial charge in [-0.25, -0.2) is 19.0 Å². The van der Waals surface area contributed by atoms with Gasteiger partial charge < -0.3 is 10.6 Å². The molecule has 0 radical (unpaired) electrons. The van der Waals surface area contributed by atoms with E-state index >= 15 is 0 Å². The normalized spacial score (nSPS) is 10.8. The second kappa shape index (κ2) is 13.2. The summed E-state index contributed by atoms with van der Waals surface area (Å²) >= 11 is 6.88. The number of aromatic nitrogens is 6. The molecule has 224 valence electrons.